The zero-order chi connectivity index (χ0) is 46.5. The molecular formula is C58H96O6. The molecule has 0 bridgehead atoms. The lowest BCUT2D eigenvalue weighted by Gasteiger charge is -2.18. The summed E-state index contributed by atoms with van der Waals surface area (Å²) in [6.45, 7) is 6.41. The first-order valence-corrected chi connectivity index (χ1v) is 26.2. The van der Waals surface area contributed by atoms with Crippen LogP contribution in [-0.4, -0.2) is 37.2 Å². The fourth-order valence-corrected chi connectivity index (χ4v) is 6.87. The van der Waals surface area contributed by atoms with Crippen molar-refractivity contribution in [3.05, 3.63) is 97.2 Å². The molecule has 0 aliphatic heterocycles. The van der Waals surface area contributed by atoms with Gasteiger partial charge < -0.3 is 14.2 Å². The van der Waals surface area contributed by atoms with Gasteiger partial charge in [0.2, 0.25) is 0 Å². The van der Waals surface area contributed by atoms with Gasteiger partial charge in [0.25, 0.3) is 0 Å². The van der Waals surface area contributed by atoms with Gasteiger partial charge in [0, 0.05) is 19.3 Å². The SMILES string of the molecule is CC/C=C\C/C=C\C/C=C\C/C=C\C/C=C\C/C=C\CCC(=O)OC[C@@H](COC(=O)CCCCCCC/C=C\CCCCCC)OC(=O)CCCCCCC/C=C\CCCCCCC. The van der Waals surface area contributed by atoms with Gasteiger partial charge in [-0.25, -0.2) is 0 Å². The maximum Gasteiger partial charge on any atom is 0.306 e. The molecule has 1 atom stereocenters. The number of carbonyl (C=O) groups excluding carboxylic acids is 3. The second-order valence-electron chi connectivity index (χ2n) is 17.0. The van der Waals surface area contributed by atoms with Crippen molar-refractivity contribution in [1.29, 1.82) is 0 Å². The van der Waals surface area contributed by atoms with Gasteiger partial charge in [-0.05, 0) is 109 Å². The summed E-state index contributed by atoms with van der Waals surface area (Å²) in [5.74, 6) is -1.02. The number of hydrogen-bond acceptors (Lipinski definition) is 6. The molecule has 0 rings (SSSR count). The number of carbonyl (C=O) groups is 3. The summed E-state index contributed by atoms with van der Waals surface area (Å²) < 4.78 is 16.7. The van der Waals surface area contributed by atoms with Crippen LogP contribution < -0.4 is 0 Å². The number of rotatable bonds is 46. The Kier molecular flexibility index (Phi) is 49.0. The van der Waals surface area contributed by atoms with E-state index in [0.717, 1.165) is 103 Å². The van der Waals surface area contributed by atoms with E-state index in [1.54, 1.807) is 0 Å². The van der Waals surface area contributed by atoms with Crippen molar-refractivity contribution in [2.75, 3.05) is 13.2 Å². The normalized spacial score (nSPS) is 12.9. The molecule has 0 fully saturated rings. The molecule has 0 N–H and O–H groups in total. The van der Waals surface area contributed by atoms with E-state index in [4.69, 9.17) is 14.2 Å². The molecule has 0 radical (unpaired) electrons. The number of hydrogen-bond donors (Lipinski definition) is 0. The van der Waals surface area contributed by atoms with E-state index in [-0.39, 0.29) is 37.5 Å². The fourth-order valence-electron chi connectivity index (χ4n) is 6.87. The number of unbranched alkanes of at least 4 members (excludes halogenated alkanes) is 19. The molecule has 64 heavy (non-hydrogen) atoms. The van der Waals surface area contributed by atoms with E-state index < -0.39 is 6.10 Å². The van der Waals surface area contributed by atoms with Crippen molar-refractivity contribution < 1.29 is 28.6 Å². The van der Waals surface area contributed by atoms with Gasteiger partial charge in [-0.1, -0.05) is 201 Å². The highest BCUT2D eigenvalue weighted by Crippen LogP contribution is 2.13. The monoisotopic (exact) mass is 889 g/mol. The van der Waals surface area contributed by atoms with Crippen LogP contribution >= 0.6 is 0 Å². The Morgan fingerprint density at radius 2 is 0.641 bits per heavy atom. The molecule has 0 amide bonds. The summed E-state index contributed by atoms with van der Waals surface area (Å²) >= 11 is 0. The van der Waals surface area contributed by atoms with Crippen LogP contribution in [0.4, 0.5) is 0 Å². The maximum atomic E-state index is 12.8. The summed E-state index contributed by atoms with van der Waals surface area (Å²) in [6.07, 6.45) is 68.3. The molecule has 0 unspecified atom stereocenters. The third-order valence-electron chi connectivity index (χ3n) is 10.8. The molecular weight excluding hydrogens is 793 g/mol. The van der Waals surface area contributed by atoms with Crippen LogP contribution in [-0.2, 0) is 28.6 Å². The minimum absolute atomic E-state index is 0.109. The topological polar surface area (TPSA) is 78.9 Å². The average molecular weight is 889 g/mol. The predicted molar refractivity (Wildman–Crippen MR) is 274 cm³/mol. The van der Waals surface area contributed by atoms with Crippen molar-refractivity contribution in [3.8, 4) is 0 Å². The molecule has 0 spiro atoms. The Morgan fingerprint density at radius 3 is 1.06 bits per heavy atom. The highest BCUT2D eigenvalue weighted by molar-refractivity contribution is 5.71. The van der Waals surface area contributed by atoms with Crippen LogP contribution in [0.2, 0.25) is 0 Å². The van der Waals surface area contributed by atoms with Gasteiger partial charge in [0.1, 0.15) is 13.2 Å². The van der Waals surface area contributed by atoms with E-state index in [1.807, 2.05) is 6.08 Å². The molecule has 0 aromatic rings. The lowest BCUT2D eigenvalue weighted by Crippen LogP contribution is -2.30. The third-order valence-corrected chi connectivity index (χ3v) is 10.8. The second-order valence-corrected chi connectivity index (χ2v) is 17.0. The summed E-state index contributed by atoms with van der Waals surface area (Å²) in [4.78, 5) is 38.0. The van der Waals surface area contributed by atoms with Crippen molar-refractivity contribution in [3.63, 3.8) is 0 Å². The Balaban J connectivity index is 4.52. The molecule has 6 heteroatoms. The van der Waals surface area contributed by atoms with Gasteiger partial charge in [-0.3, -0.25) is 14.4 Å². The van der Waals surface area contributed by atoms with Crippen LogP contribution in [0.15, 0.2) is 97.2 Å². The fraction of sp³-hybridized carbons (Fsp3) is 0.672. The molecule has 0 aliphatic carbocycles. The maximum absolute atomic E-state index is 12.8. The minimum Gasteiger partial charge on any atom is -0.462 e. The summed E-state index contributed by atoms with van der Waals surface area (Å²) in [6, 6.07) is 0. The lowest BCUT2D eigenvalue weighted by atomic mass is 10.1. The van der Waals surface area contributed by atoms with Crippen LogP contribution in [0, 0.1) is 0 Å². The van der Waals surface area contributed by atoms with Crippen molar-refractivity contribution >= 4 is 17.9 Å². The van der Waals surface area contributed by atoms with Crippen LogP contribution in [0.25, 0.3) is 0 Å². The van der Waals surface area contributed by atoms with E-state index in [1.165, 1.54) is 83.5 Å². The standard InChI is InChI=1S/C58H96O6/c1-4-7-10-13-16-19-22-25-27-28-29-30-31-34-36-39-42-45-48-51-57(60)63-54-55(53-62-56(59)50-47-44-41-38-35-32-24-21-18-15-12-9-6-3)64-58(61)52-49-46-43-40-37-33-26-23-20-17-14-11-8-5-2/h7,10,16,19,21,23-27,29-30,34,36,42,45,55H,4-6,8-9,11-15,17-18,20,22,28,31-33,35,37-41,43-44,46-54H2,1-3H3/b10-7-,19-16-,24-21-,26-23-,27-25-,30-29-,36-34-,45-42-/t55-/m1/s1. The second kappa shape index (κ2) is 52.0. The quantitative estimate of drug-likeness (QED) is 0.0262. The van der Waals surface area contributed by atoms with Gasteiger partial charge in [0.15, 0.2) is 6.10 Å². The molecule has 0 aromatic heterocycles. The smallest absolute Gasteiger partial charge is 0.306 e. The summed E-state index contributed by atoms with van der Waals surface area (Å²) in [7, 11) is 0. The van der Waals surface area contributed by atoms with Crippen LogP contribution in [0.1, 0.15) is 233 Å². The van der Waals surface area contributed by atoms with Crippen LogP contribution in [0.5, 0.6) is 0 Å². The molecule has 0 aromatic carbocycles. The highest BCUT2D eigenvalue weighted by Gasteiger charge is 2.19. The zero-order valence-corrected chi connectivity index (χ0v) is 41.5. The van der Waals surface area contributed by atoms with Gasteiger partial charge in [-0.15, -0.1) is 0 Å². The first-order chi connectivity index (χ1) is 31.5. The van der Waals surface area contributed by atoms with Crippen molar-refractivity contribution in [1.82, 2.24) is 0 Å². The Morgan fingerprint density at radius 1 is 0.328 bits per heavy atom. The summed E-state index contributed by atoms with van der Waals surface area (Å²) in [5, 5.41) is 0. The molecule has 0 saturated heterocycles. The van der Waals surface area contributed by atoms with Crippen molar-refractivity contribution in [2.45, 2.75) is 239 Å². The summed E-state index contributed by atoms with van der Waals surface area (Å²) in [5.41, 5.74) is 0. The van der Waals surface area contributed by atoms with Gasteiger partial charge in [0.05, 0.1) is 0 Å². The minimum atomic E-state index is -0.815. The number of ether oxygens (including phenoxy) is 3. The molecule has 0 saturated carbocycles. The van der Waals surface area contributed by atoms with E-state index in [9.17, 15) is 14.4 Å². The van der Waals surface area contributed by atoms with E-state index in [0.29, 0.717) is 19.3 Å². The average Bonchev–Trinajstić information content (AvgIpc) is 3.29. The molecule has 6 nitrogen and oxygen atoms in total. The van der Waals surface area contributed by atoms with Crippen molar-refractivity contribution in [2.24, 2.45) is 0 Å². The molecule has 364 valence electrons. The largest absolute Gasteiger partial charge is 0.462 e. The van der Waals surface area contributed by atoms with E-state index >= 15 is 0 Å². The Labute approximate surface area is 394 Å². The predicted octanol–water partition coefficient (Wildman–Crippen LogP) is 17.4. The van der Waals surface area contributed by atoms with E-state index in [2.05, 4.69) is 112 Å². The number of esters is 3. The molecule has 0 aliphatic rings. The Bertz CT molecular complexity index is 1300. The molecule has 0 heterocycles. The highest BCUT2D eigenvalue weighted by atomic mass is 16.6. The Hall–Kier alpha value is -3.67. The first kappa shape index (κ1) is 60.3. The lowest BCUT2D eigenvalue weighted by molar-refractivity contribution is -0.166. The first-order valence-electron chi connectivity index (χ1n) is 26.2. The van der Waals surface area contributed by atoms with Gasteiger partial charge in [-0.2, -0.15) is 0 Å². The van der Waals surface area contributed by atoms with Crippen LogP contribution in [0.3, 0.4) is 0 Å². The van der Waals surface area contributed by atoms with Gasteiger partial charge >= 0.3 is 17.9 Å². The number of allylic oxidation sites excluding steroid dienone is 16. The third kappa shape index (κ3) is 49.3. The zero-order valence-electron chi connectivity index (χ0n) is 41.5.